The third-order valence-corrected chi connectivity index (χ3v) is 4.33. The van der Waals surface area contributed by atoms with Gasteiger partial charge in [-0.25, -0.2) is 4.98 Å². The van der Waals surface area contributed by atoms with E-state index in [0.29, 0.717) is 37.3 Å². The Balaban J connectivity index is 1.78. The zero-order chi connectivity index (χ0) is 18.2. The number of aromatic nitrogens is 3. The number of H-pyrrole nitrogens is 1. The number of rotatable bonds is 2. The smallest absolute Gasteiger partial charge is 0.352 e. The molecule has 6 nitrogen and oxygen atoms in total. The molecule has 1 atom stereocenters. The molecule has 1 fully saturated rings. The standard InChI is InChI=1S/C16H16F3N5O/c1-23-9-13(16(17,18)19)22-14(23)10-3-2-4-24(8-10)15(25)11-5-12(6-20)21-7-11/h5,7,9-10,21H,2-4,8H2,1H3. The largest absolute Gasteiger partial charge is 0.434 e. The minimum absolute atomic E-state index is 0.243. The maximum absolute atomic E-state index is 12.8. The van der Waals surface area contributed by atoms with Crippen molar-refractivity contribution in [3.8, 4) is 6.07 Å². The first-order valence-electron chi connectivity index (χ1n) is 7.78. The Morgan fingerprint density at radius 3 is 2.84 bits per heavy atom. The van der Waals surface area contributed by atoms with Crippen LogP contribution in [0.4, 0.5) is 13.2 Å². The van der Waals surface area contributed by atoms with Gasteiger partial charge in [0, 0.05) is 38.4 Å². The van der Waals surface area contributed by atoms with Crippen molar-refractivity contribution in [2.45, 2.75) is 24.9 Å². The van der Waals surface area contributed by atoms with Gasteiger partial charge < -0.3 is 14.5 Å². The Labute approximate surface area is 141 Å². The fraction of sp³-hybridized carbons (Fsp3) is 0.438. The summed E-state index contributed by atoms with van der Waals surface area (Å²) in [5.74, 6) is -0.169. The molecule has 2 aromatic rings. The fourth-order valence-corrected chi connectivity index (χ4v) is 3.13. The quantitative estimate of drug-likeness (QED) is 0.904. The van der Waals surface area contributed by atoms with Crippen molar-refractivity contribution in [1.29, 1.82) is 5.26 Å². The number of carbonyl (C=O) groups excluding carboxylic acids is 1. The van der Waals surface area contributed by atoms with Crippen LogP contribution in [0.1, 0.15) is 46.3 Å². The second kappa shape index (κ2) is 6.27. The van der Waals surface area contributed by atoms with Gasteiger partial charge in [0.15, 0.2) is 5.69 Å². The average molecular weight is 351 g/mol. The summed E-state index contributed by atoms with van der Waals surface area (Å²) in [6, 6.07) is 3.38. The third-order valence-electron chi connectivity index (χ3n) is 4.33. The predicted octanol–water partition coefficient (Wildman–Crippen LogP) is 2.66. The van der Waals surface area contributed by atoms with E-state index in [9.17, 15) is 18.0 Å². The second-order valence-electron chi connectivity index (χ2n) is 6.10. The van der Waals surface area contributed by atoms with Gasteiger partial charge in [0.2, 0.25) is 0 Å². The lowest BCUT2D eigenvalue weighted by atomic mass is 9.96. The molecule has 2 aromatic heterocycles. The molecule has 132 valence electrons. The molecule has 3 heterocycles. The number of carbonyl (C=O) groups is 1. The number of alkyl halides is 3. The number of piperidine rings is 1. The topological polar surface area (TPSA) is 77.7 Å². The van der Waals surface area contributed by atoms with Crippen molar-refractivity contribution in [2.24, 2.45) is 7.05 Å². The number of nitrogens with zero attached hydrogens (tertiary/aromatic N) is 4. The van der Waals surface area contributed by atoms with Crippen LogP contribution in [-0.4, -0.2) is 38.4 Å². The normalized spacial score (nSPS) is 18.2. The van der Waals surface area contributed by atoms with Gasteiger partial charge in [-0.3, -0.25) is 4.79 Å². The number of aryl methyl sites for hydroxylation is 1. The van der Waals surface area contributed by atoms with Crippen LogP contribution in [0.5, 0.6) is 0 Å². The van der Waals surface area contributed by atoms with Gasteiger partial charge in [-0.05, 0) is 18.9 Å². The highest BCUT2D eigenvalue weighted by Gasteiger charge is 2.36. The number of nitrogens with one attached hydrogen (secondary N) is 1. The minimum atomic E-state index is -4.49. The molecule has 1 amide bonds. The molecule has 0 aliphatic carbocycles. The van der Waals surface area contributed by atoms with Gasteiger partial charge in [-0.1, -0.05) is 0 Å². The van der Waals surface area contributed by atoms with E-state index in [0.717, 1.165) is 6.20 Å². The number of aromatic amines is 1. The van der Waals surface area contributed by atoms with Crippen molar-refractivity contribution >= 4 is 5.91 Å². The summed E-state index contributed by atoms with van der Waals surface area (Å²) in [7, 11) is 1.53. The Morgan fingerprint density at radius 1 is 1.48 bits per heavy atom. The second-order valence-corrected chi connectivity index (χ2v) is 6.10. The van der Waals surface area contributed by atoms with Crippen LogP contribution in [0.3, 0.4) is 0 Å². The first kappa shape index (κ1) is 17.1. The van der Waals surface area contributed by atoms with Crippen LogP contribution in [0.25, 0.3) is 0 Å². The molecule has 1 aliphatic rings. The molecule has 1 aliphatic heterocycles. The first-order valence-corrected chi connectivity index (χ1v) is 7.78. The highest BCUT2D eigenvalue weighted by Crippen LogP contribution is 2.32. The van der Waals surface area contributed by atoms with Crippen LogP contribution in [0.2, 0.25) is 0 Å². The van der Waals surface area contributed by atoms with Crippen LogP contribution >= 0.6 is 0 Å². The molecule has 3 rings (SSSR count). The summed E-state index contributed by atoms with van der Waals surface area (Å²) < 4.78 is 39.9. The highest BCUT2D eigenvalue weighted by atomic mass is 19.4. The van der Waals surface area contributed by atoms with E-state index in [1.54, 1.807) is 4.90 Å². The number of amides is 1. The van der Waals surface area contributed by atoms with Crippen molar-refractivity contribution < 1.29 is 18.0 Å². The number of hydrogen-bond acceptors (Lipinski definition) is 3. The average Bonchev–Trinajstić information content (AvgIpc) is 3.20. The summed E-state index contributed by atoms with van der Waals surface area (Å²) in [4.78, 5) is 20.6. The number of likely N-dealkylation sites (tertiary alicyclic amines) is 1. The Bertz CT molecular complexity index is 830. The van der Waals surface area contributed by atoms with Crippen molar-refractivity contribution in [2.75, 3.05) is 13.1 Å². The monoisotopic (exact) mass is 351 g/mol. The van der Waals surface area contributed by atoms with Crippen molar-refractivity contribution in [3.63, 3.8) is 0 Å². The molecule has 1 saturated heterocycles. The highest BCUT2D eigenvalue weighted by molar-refractivity contribution is 5.94. The van der Waals surface area contributed by atoms with E-state index in [-0.39, 0.29) is 17.5 Å². The zero-order valence-electron chi connectivity index (χ0n) is 13.5. The predicted molar refractivity (Wildman–Crippen MR) is 81.6 cm³/mol. The molecule has 0 spiro atoms. The fourth-order valence-electron chi connectivity index (χ4n) is 3.13. The van der Waals surface area contributed by atoms with Gasteiger partial charge in [0.25, 0.3) is 5.91 Å². The Kier molecular flexibility index (Phi) is 4.29. The summed E-state index contributed by atoms with van der Waals surface area (Å²) in [6.07, 6.45) is -0.698. The molecule has 1 unspecified atom stereocenters. The molecule has 25 heavy (non-hydrogen) atoms. The summed E-state index contributed by atoms with van der Waals surface area (Å²) in [6.45, 7) is 0.826. The van der Waals surface area contributed by atoms with Gasteiger partial charge in [-0.15, -0.1) is 0 Å². The van der Waals surface area contributed by atoms with E-state index in [1.165, 1.54) is 23.9 Å². The number of nitriles is 1. The van der Waals surface area contributed by atoms with E-state index >= 15 is 0 Å². The lowest BCUT2D eigenvalue weighted by molar-refractivity contribution is -0.141. The zero-order valence-corrected chi connectivity index (χ0v) is 13.5. The van der Waals surface area contributed by atoms with Gasteiger partial charge in [0.1, 0.15) is 17.6 Å². The maximum Gasteiger partial charge on any atom is 0.434 e. The third kappa shape index (κ3) is 3.38. The Morgan fingerprint density at radius 2 is 2.24 bits per heavy atom. The van der Waals surface area contributed by atoms with Gasteiger partial charge >= 0.3 is 6.18 Å². The first-order chi connectivity index (χ1) is 11.8. The molecular formula is C16H16F3N5O. The summed E-state index contributed by atoms with van der Waals surface area (Å²) >= 11 is 0. The van der Waals surface area contributed by atoms with Crippen molar-refractivity contribution in [3.05, 3.63) is 41.2 Å². The lowest BCUT2D eigenvalue weighted by Gasteiger charge is -2.32. The van der Waals surface area contributed by atoms with E-state index in [4.69, 9.17) is 5.26 Å². The van der Waals surface area contributed by atoms with Crippen molar-refractivity contribution in [1.82, 2.24) is 19.4 Å². The maximum atomic E-state index is 12.8. The number of hydrogen-bond donors (Lipinski definition) is 1. The summed E-state index contributed by atoms with van der Waals surface area (Å²) in [5.41, 5.74) is -0.262. The molecule has 0 bridgehead atoms. The lowest BCUT2D eigenvalue weighted by Crippen LogP contribution is -2.39. The molecule has 1 N–H and O–H groups in total. The van der Waals surface area contributed by atoms with Gasteiger partial charge in [-0.2, -0.15) is 18.4 Å². The Hall–Kier alpha value is -2.76. The molecule has 0 radical (unpaired) electrons. The summed E-state index contributed by atoms with van der Waals surface area (Å²) in [5, 5.41) is 8.82. The van der Waals surface area contributed by atoms with Gasteiger partial charge in [0.05, 0.1) is 5.56 Å². The van der Waals surface area contributed by atoms with Crippen LogP contribution in [0, 0.1) is 11.3 Å². The van der Waals surface area contributed by atoms with E-state index in [2.05, 4.69) is 9.97 Å². The van der Waals surface area contributed by atoms with Crippen LogP contribution in [-0.2, 0) is 13.2 Å². The molecular weight excluding hydrogens is 335 g/mol. The minimum Gasteiger partial charge on any atom is -0.352 e. The molecule has 0 saturated carbocycles. The molecule has 0 aromatic carbocycles. The van der Waals surface area contributed by atoms with Crippen LogP contribution in [0.15, 0.2) is 18.5 Å². The number of halogens is 3. The van der Waals surface area contributed by atoms with E-state index < -0.39 is 11.9 Å². The van der Waals surface area contributed by atoms with Crippen LogP contribution < -0.4 is 0 Å². The SMILES string of the molecule is Cn1cc(C(F)(F)F)nc1C1CCCN(C(=O)c2c[nH]c(C#N)c2)C1. The number of imidazole rings is 1. The van der Waals surface area contributed by atoms with E-state index in [1.807, 2.05) is 6.07 Å². The molecule has 9 heteroatoms.